The second kappa shape index (κ2) is 6.73. The standard InChI is InChI=1S/C14H20N6O2S/c1-12-4-3-7-19(9-12)23(21,22)18-8-13-5-2-6-16-14(13)20-11-15-10-17-20/h2,5-6,10-12,18H,3-4,7-9H2,1H3/t12-/m0/s1. The molecule has 1 aliphatic heterocycles. The van der Waals surface area contributed by atoms with E-state index in [0.29, 0.717) is 24.8 Å². The summed E-state index contributed by atoms with van der Waals surface area (Å²) in [5.74, 6) is 0.962. The SMILES string of the molecule is C[C@H]1CCCN(S(=O)(=O)NCc2cccnc2-n2cncn2)C1. The molecule has 0 saturated carbocycles. The molecule has 0 radical (unpaired) electrons. The molecule has 8 nitrogen and oxygen atoms in total. The van der Waals surface area contributed by atoms with Crippen LogP contribution in [0.1, 0.15) is 25.3 Å². The Morgan fingerprint density at radius 3 is 3.04 bits per heavy atom. The molecule has 0 aliphatic carbocycles. The summed E-state index contributed by atoms with van der Waals surface area (Å²) in [4.78, 5) is 8.15. The lowest BCUT2D eigenvalue weighted by atomic mass is 10.0. The lowest BCUT2D eigenvalue weighted by molar-refractivity contribution is 0.278. The average molecular weight is 336 g/mol. The summed E-state index contributed by atoms with van der Waals surface area (Å²) in [5.41, 5.74) is 0.742. The molecule has 1 N–H and O–H groups in total. The van der Waals surface area contributed by atoms with Gasteiger partial charge in [0.05, 0.1) is 0 Å². The van der Waals surface area contributed by atoms with E-state index in [4.69, 9.17) is 0 Å². The Balaban J connectivity index is 1.73. The fourth-order valence-electron chi connectivity index (χ4n) is 2.72. The lowest BCUT2D eigenvalue weighted by Gasteiger charge is -2.30. The third kappa shape index (κ3) is 3.74. The molecule has 1 fully saturated rings. The van der Waals surface area contributed by atoms with Crippen LogP contribution in [0.5, 0.6) is 0 Å². The van der Waals surface area contributed by atoms with Crippen molar-refractivity contribution in [2.45, 2.75) is 26.3 Å². The molecule has 1 atom stereocenters. The molecule has 0 bridgehead atoms. The number of rotatable bonds is 5. The molecule has 1 aliphatic rings. The lowest BCUT2D eigenvalue weighted by Crippen LogP contribution is -2.45. The van der Waals surface area contributed by atoms with Gasteiger partial charge >= 0.3 is 0 Å². The van der Waals surface area contributed by atoms with E-state index in [-0.39, 0.29) is 6.54 Å². The summed E-state index contributed by atoms with van der Waals surface area (Å²) >= 11 is 0. The smallest absolute Gasteiger partial charge is 0.237 e. The molecule has 1 saturated heterocycles. The van der Waals surface area contributed by atoms with E-state index in [9.17, 15) is 8.42 Å². The summed E-state index contributed by atoms with van der Waals surface area (Å²) in [6.45, 7) is 3.38. The summed E-state index contributed by atoms with van der Waals surface area (Å²) in [7, 11) is -3.49. The summed E-state index contributed by atoms with van der Waals surface area (Å²) in [6, 6.07) is 3.60. The van der Waals surface area contributed by atoms with Crippen molar-refractivity contribution in [1.29, 1.82) is 0 Å². The monoisotopic (exact) mass is 336 g/mol. The van der Waals surface area contributed by atoms with Gasteiger partial charge in [-0.15, -0.1) is 0 Å². The van der Waals surface area contributed by atoms with Crippen LogP contribution in [0.15, 0.2) is 31.0 Å². The third-order valence-corrected chi connectivity index (χ3v) is 5.43. The van der Waals surface area contributed by atoms with Gasteiger partial charge in [-0.25, -0.2) is 14.6 Å². The maximum atomic E-state index is 12.5. The van der Waals surface area contributed by atoms with Gasteiger partial charge in [0, 0.05) is 31.4 Å². The Bertz CT molecular complexity index is 746. The van der Waals surface area contributed by atoms with Crippen molar-refractivity contribution in [3.8, 4) is 5.82 Å². The number of aromatic nitrogens is 4. The first-order valence-corrected chi connectivity index (χ1v) is 9.04. The van der Waals surface area contributed by atoms with Gasteiger partial charge in [0.1, 0.15) is 12.7 Å². The number of hydrogen-bond acceptors (Lipinski definition) is 5. The van der Waals surface area contributed by atoms with Gasteiger partial charge in [-0.05, 0) is 24.8 Å². The zero-order valence-corrected chi connectivity index (χ0v) is 13.8. The van der Waals surface area contributed by atoms with Crippen LogP contribution in [-0.4, -0.2) is 45.6 Å². The van der Waals surface area contributed by atoms with Crippen LogP contribution < -0.4 is 4.72 Å². The Morgan fingerprint density at radius 2 is 2.30 bits per heavy atom. The van der Waals surface area contributed by atoms with Crippen molar-refractivity contribution in [2.24, 2.45) is 5.92 Å². The van der Waals surface area contributed by atoms with Crippen LogP contribution in [-0.2, 0) is 16.8 Å². The van der Waals surface area contributed by atoms with Gasteiger partial charge in [0.15, 0.2) is 5.82 Å². The zero-order chi connectivity index (χ0) is 16.3. The average Bonchev–Trinajstić information content (AvgIpc) is 3.08. The predicted molar refractivity (Wildman–Crippen MR) is 84.9 cm³/mol. The van der Waals surface area contributed by atoms with Crippen molar-refractivity contribution < 1.29 is 8.42 Å². The maximum Gasteiger partial charge on any atom is 0.279 e. The molecule has 0 spiro atoms. The van der Waals surface area contributed by atoms with E-state index in [0.717, 1.165) is 18.4 Å². The van der Waals surface area contributed by atoms with Crippen LogP contribution in [0.25, 0.3) is 5.82 Å². The molecule has 2 aromatic heterocycles. The predicted octanol–water partition coefficient (Wildman–Crippen LogP) is 0.729. The normalized spacial score (nSPS) is 19.8. The van der Waals surface area contributed by atoms with E-state index in [1.165, 1.54) is 21.6 Å². The first-order chi connectivity index (χ1) is 11.1. The first-order valence-electron chi connectivity index (χ1n) is 7.60. The topological polar surface area (TPSA) is 93.0 Å². The van der Waals surface area contributed by atoms with Crippen molar-refractivity contribution >= 4 is 10.2 Å². The van der Waals surface area contributed by atoms with Crippen LogP contribution >= 0.6 is 0 Å². The molecule has 3 rings (SSSR count). The highest BCUT2D eigenvalue weighted by molar-refractivity contribution is 7.87. The van der Waals surface area contributed by atoms with E-state index in [1.807, 2.05) is 6.07 Å². The van der Waals surface area contributed by atoms with Crippen molar-refractivity contribution in [1.82, 2.24) is 28.8 Å². The van der Waals surface area contributed by atoms with Crippen LogP contribution in [0.3, 0.4) is 0 Å². The van der Waals surface area contributed by atoms with Gasteiger partial charge in [-0.2, -0.15) is 22.5 Å². The molecule has 9 heteroatoms. The van der Waals surface area contributed by atoms with E-state index in [1.54, 1.807) is 12.3 Å². The first kappa shape index (κ1) is 16.0. The van der Waals surface area contributed by atoms with Gasteiger partial charge in [0.25, 0.3) is 10.2 Å². The zero-order valence-electron chi connectivity index (χ0n) is 13.0. The second-order valence-electron chi connectivity index (χ2n) is 5.76. The fraction of sp³-hybridized carbons (Fsp3) is 0.500. The summed E-state index contributed by atoms with van der Waals surface area (Å²) in [6.07, 6.45) is 6.57. The fourth-order valence-corrected chi connectivity index (χ4v) is 4.06. The molecular formula is C14H20N6O2S. The minimum absolute atomic E-state index is 0.163. The van der Waals surface area contributed by atoms with Crippen molar-refractivity contribution in [3.05, 3.63) is 36.5 Å². The second-order valence-corrected chi connectivity index (χ2v) is 7.51. The van der Waals surface area contributed by atoms with Crippen molar-refractivity contribution in [3.63, 3.8) is 0 Å². The minimum Gasteiger partial charge on any atom is -0.237 e. The molecule has 124 valence electrons. The summed E-state index contributed by atoms with van der Waals surface area (Å²) < 4.78 is 30.6. The molecule has 23 heavy (non-hydrogen) atoms. The quantitative estimate of drug-likeness (QED) is 0.869. The minimum atomic E-state index is -3.49. The number of pyridine rings is 1. The highest BCUT2D eigenvalue weighted by Crippen LogP contribution is 2.18. The van der Waals surface area contributed by atoms with E-state index in [2.05, 4.69) is 26.7 Å². The molecular weight excluding hydrogens is 316 g/mol. The molecule has 0 aromatic carbocycles. The maximum absolute atomic E-state index is 12.5. The Hall–Kier alpha value is -1.84. The number of nitrogens with one attached hydrogen (secondary N) is 1. The van der Waals surface area contributed by atoms with E-state index < -0.39 is 10.2 Å². The van der Waals surface area contributed by atoms with Crippen LogP contribution in [0.4, 0.5) is 0 Å². The molecule has 3 heterocycles. The Labute approximate surface area is 135 Å². The molecule has 2 aromatic rings. The van der Waals surface area contributed by atoms with Gasteiger partial charge in [-0.3, -0.25) is 0 Å². The van der Waals surface area contributed by atoms with Crippen LogP contribution in [0, 0.1) is 5.92 Å². The molecule has 0 unspecified atom stereocenters. The van der Waals surface area contributed by atoms with Gasteiger partial charge < -0.3 is 0 Å². The Kier molecular flexibility index (Phi) is 4.69. The third-order valence-electron chi connectivity index (χ3n) is 3.91. The van der Waals surface area contributed by atoms with Crippen molar-refractivity contribution in [2.75, 3.05) is 13.1 Å². The van der Waals surface area contributed by atoms with Crippen LogP contribution in [0.2, 0.25) is 0 Å². The van der Waals surface area contributed by atoms with Gasteiger partial charge in [0.2, 0.25) is 0 Å². The largest absolute Gasteiger partial charge is 0.279 e. The molecule has 0 amide bonds. The summed E-state index contributed by atoms with van der Waals surface area (Å²) in [5, 5.41) is 4.05. The van der Waals surface area contributed by atoms with Gasteiger partial charge in [-0.1, -0.05) is 13.0 Å². The number of nitrogens with zero attached hydrogens (tertiary/aromatic N) is 5. The number of hydrogen-bond donors (Lipinski definition) is 1. The highest BCUT2D eigenvalue weighted by Gasteiger charge is 2.26. The highest BCUT2D eigenvalue weighted by atomic mass is 32.2. The van der Waals surface area contributed by atoms with E-state index >= 15 is 0 Å². The Morgan fingerprint density at radius 1 is 1.43 bits per heavy atom. The number of piperidine rings is 1.